The number of ketones is 1. The van der Waals surface area contributed by atoms with Crippen LogP contribution < -0.4 is 67.8 Å². The summed E-state index contributed by atoms with van der Waals surface area (Å²) in [7, 11) is 0. The molecule has 5 aliphatic heterocycles. The third-order valence-corrected chi connectivity index (χ3v) is 22.4. The van der Waals surface area contributed by atoms with Gasteiger partial charge in [-0.3, -0.25) is 19.2 Å². The van der Waals surface area contributed by atoms with Crippen molar-refractivity contribution in [1.29, 1.82) is 0 Å². The number of fused-ring (bicyclic) bond motifs is 2. The van der Waals surface area contributed by atoms with Gasteiger partial charge in [0.1, 0.15) is 44.1 Å². The summed E-state index contributed by atoms with van der Waals surface area (Å²) in [4.78, 5) is 129. The van der Waals surface area contributed by atoms with Crippen molar-refractivity contribution < 1.29 is 111 Å². The summed E-state index contributed by atoms with van der Waals surface area (Å²) in [5.41, 5.74) is 20.4. The molecule has 0 radical (unpaired) electrons. The number of carboxylic acid groups (broad SMARTS) is 1. The van der Waals surface area contributed by atoms with E-state index in [4.69, 9.17) is 40.9 Å². The number of aliphatic carboxylic acids is 1. The van der Waals surface area contributed by atoms with Crippen LogP contribution in [0.15, 0.2) is 200 Å². The number of hydrogen-bond donors (Lipinski definition) is 4. The Bertz CT molecular complexity index is 4230. The summed E-state index contributed by atoms with van der Waals surface area (Å²) in [6.45, 7) is 13.5. The number of primary amides is 3. The minimum absolute atomic E-state index is 0. The maximum atomic E-state index is 14.6. The molecule has 7 N–H and O–H groups in total. The van der Waals surface area contributed by atoms with Gasteiger partial charge in [-0.2, -0.15) is 0 Å². The molecule has 0 aromatic heterocycles. The van der Waals surface area contributed by atoms with Crippen molar-refractivity contribution in [2.24, 2.45) is 46.8 Å². The van der Waals surface area contributed by atoms with E-state index in [1.165, 1.54) is 24.0 Å². The van der Waals surface area contributed by atoms with Crippen molar-refractivity contribution in [3.8, 4) is 0 Å². The van der Waals surface area contributed by atoms with E-state index in [0.29, 0.717) is 46.4 Å². The zero-order valence-electron chi connectivity index (χ0n) is 57.5. The standard InChI is InChI=1S/C39H39N2O6P.C21H24N2O5.C17H18N2O6.Na/c1-4-23-46-38(44)37(48(30-17-8-5-9-18-30,31-19-10-6-11-20-31)32-21-12-7-13-22-32)41-33(35(27(2)3)36(41)43)25-34(42)29-16-14-15-28(24-29)26-47-39(40)45;1-4-8-27-20(25)18-15(10-16-17(12(2)3)19(24)23(16)18)14-7-5-6-13(9-14)11-28-21(22)26;1-8(20)13-12-6-11(14(16(22)23)19(12)15(13)21)10-4-2-3-9(5-10)7-25-17(18)24;/h4-22,24,27,33,35H,1,23,25-26H2,2-3H3,(H2,40,45);4-7,9,12,16-17H,1,8,10-11H2,2-3H3,(H2,22,26);2-5,8,12-13,20H,6-7H2,1H3,(H2,18,24)(H,22,23);/q;;;+1/p-1/t33-,35-;16-,17-;8-,12-,13-;/m111./s1. The van der Waals surface area contributed by atoms with Crippen LogP contribution in [0.1, 0.15) is 92.1 Å². The smallest absolute Gasteiger partial charge is 0.543 e. The number of nitrogens with zero attached hydrogens (tertiary/aromatic N) is 3. The van der Waals surface area contributed by atoms with Gasteiger partial charge in [-0.15, -0.1) is 0 Å². The Morgan fingerprint density at radius 3 is 1.38 bits per heavy atom. The molecule has 5 aliphatic rings. The molecule has 0 spiro atoms. The van der Waals surface area contributed by atoms with Gasteiger partial charge in [-0.25, -0.2) is 24.0 Å². The molecule has 0 saturated carbocycles. The van der Waals surface area contributed by atoms with Gasteiger partial charge in [0.15, 0.2) is 5.78 Å². The SMILES string of the molecule is C=CCOC(=O)C(N1C(=O)[C@H](C(C)C)[C@H]1CC(=O)c1cccc(COC(N)=O)c1)=P(c1ccccc1)(c1ccccc1)c1ccccc1.C=CCOC(=O)C1=C(c2cccc(COC(N)=O)c2)C[C@@H]2[C@@H](C(C)C)C(=O)N12.C[C@@H](O)[C@H]1C(=O)N2C(C(=O)[O-])=C(c3cccc(COC(N)=O)c3)C[C@H]12.[Na+]. The summed E-state index contributed by atoms with van der Waals surface area (Å²) in [5, 5.41) is 23.9. The first kappa shape index (κ1) is 77.6. The summed E-state index contributed by atoms with van der Waals surface area (Å²) in [6.07, 6.45) is 0.303. The van der Waals surface area contributed by atoms with Crippen molar-refractivity contribution in [1.82, 2.24) is 14.7 Å². The molecule has 102 heavy (non-hydrogen) atoms. The fraction of sp³-hybridized carbons (Fsp3) is 0.286. The number of Topliss-reactive ketones (excluding diaryl/α,β-unsaturated/α-hetero) is 1. The predicted molar refractivity (Wildman–Crippen MR) is 376 cm³/mol. The molecule has 3 fully saturated rings. The fourth-order valence-corrected chi connectivity index (χ4v) is 18.3. The van der Waals surface area contributed by atoms with Crippen molar-refractivity contribution in [2.45, 2.75) is 97.9 Å². The molecule has 23 nitrogen and oxygen atoms in total. The topological polar surface area (TPSA) is 348 Å². The van der Waals surface area contributed by atoms with Crippen LogP contribution in [0.3, 0.4) is 0 Å². The first-order chi connectivity index (χ1) is 48.3. The van der Waals surface area contributed by atoms with Gasteiger partial charge >= 0.3 is 59.8 Å². The van der Waals surface area contributed by atoms with Crippen molar-refractivity contribution in [3.05, 3.63) is 234 Å². The number of aliphatic hydroxyl groups excluding tert-OH is 1. The van der Waals surface area contributed by atoms with Crippen LogP contribution in [-0.2, 0) is 72.3 Å². The van der Waals surface area contributed by atoms with Crippen LogP contribution in [-0.4, -0.2) is 122 Å². The van der Waals surface area contributed by atoms with Crippen molar-refractivity contribution in [3.63, 3.8) is 0 Å². The average Bonchev–Trinajstić information content (AvgIpc) is 0.737. The summed E-state index contributed by atoms with van der Waals surface area (Å²) in [6, 6.07) is 49.0. The molecule has 11 rings (SSSR count). The van der Waals surface area contributed by atoms with E-state index in [-0.39, 0.29) is 128 Å². The second kappa shape index (κ2) is 34.5. The zero-order chi connectivity index (χ0) is 73.0. The van der Waals surface area contributed by atoms with Gasteiger partial charge < -0.3 is 70.6 Å². The molecule has 6 aromatic rings. The van der Waals surface area contributed by atoms with Crippen molar-refractivity contribution in [2.75, 3.05) is 13.2 Å². The largest absolute Gasteiger partial charge is 1.00 e. The quantitative estimate of drug-likeness (QED) is 0.0119. The zero-order valence-corrected chi connectivity index (χ0v) is 60.4. The maximum Gasteiger partial charge on any atom is 1.00 e. The van der Waals surface area contributed by atoms with Crippen LogP contribution in [0.25, 0.3) is 11.1 Å². The predicted octanol–water partition coefficient (Wildman–Crippen LogP) is 4.16. The Hall–Kier alpha value is -10.2. The van der Waals surface area contributed by atoms with Crippen LogP contribution in [0.4, 0.5) is 14.4 Å². The third kappa shape index (κ3) is 16.6. The molecule has 5 heterocycles. The van der Waals surface area contributed by atoms with E-state index in [9.17, 15) is 58.2 Å². The fourth-order valence-electron chi connectivity index (χ4n) is 13.9. The van der Waals surface area contributed by atoms with E-state index in [1.807, 2.05) is 137 Å². The van der Waals surface area contributed by atoms with Gasteiger partial charge in [0, 0.05) is 18.9 Å². The molecule has 3 saturated heterocycles. The summed E-state index contributed by atoms with van der Waals surface area (Å²) < 4.78 is 25.6. The number of likely N-dealkylation sites (tertiary alicyclic amines) is 1. The minimum Gasteiger partial charge on any atom is -0.543 e. The van der Waals surface area contributed by atoms with Crippen LogP contribution in [0, 0.1) is 29.6 Å². The molecule has 0 unspecified atom stereocenters. The number of β-lactam (4-membered cyclic amide) rings is 3. The van der Waals surface area contributed by atoms with Gasteiger partial charge in [0.25, 0.3) is 0 Å². The number of rotatable bonds is 25. The molecule has 526 valence electrons. The molecular formula is C77H80N6NaO17P. The van der Waals surface area contributed by atoms with Gasteiger partial charge in [0.05, 0.1) is 53.6 Å². The normalized spacial score (nSPS) is 18.7. The number of ether oxygens (including phenoxy) is 5. The Kier molecular flexibility index (Phi) is 26.2. The van der Waals surface area contributed by atoms with E-state index < -0.39 is 73.0 Å². The average molecular weight is 1420 g/mol. The Labute approximate surface area is 613 Å². The monoisotopic (exact) mass is 1410 g/mol. The number of carboxylic acids is 1. The first-order valence-electron chi connectivity index (χ1n) is 32.8. The van der Waals surface area contributed by atoms with Crippen LogP contribution in [0.2, 0.25) is 0 Å². The second-order valence-electron chi connectivity index (χ2n) is 25.3. The van der Waals surface area contributed by atoms with Gasteiger partial charge in [-0.1, -0.05) is 199 Å². The summed E-state index contributed by atoms with van der Waals surface area (Å²) >= 11 is 0. The number of benzene rings is 6. The Morgan fingerprint density at radius 2 is 0.951 bits per heavy atom. The molecule has 6 aromatic carbocycles. The van der Waals surface area contributed by atoms with E-state index in [1.54, 1.807) is 64.4 Å². The third-order valence-electron chi connectivity index (χ3n) is 18.2. The van der Waals surface area contributed by atoms with E-state index in [0.717, 1.165) is 32.6 Å². The van der Waals surface area contributed by atoms with Crippen molar-refractivity contribution >= 4 is 99.1 Å². The minimum atomic E-state index is -3.11. The van der Waals surface area contributed by atoms with Crippen LogP contribution in [0.5, 0.6) is 0 Å². The first-order valence-corrected chi connectivity index (χ1v) is 34.6. The number of nitrogens with two attached hydrogens (primary N) is 3. The van der Waals surface area contributed by atoms with Gasteiger partial charge in [0.2, 0.25) is 17.7 Å². The number of carbonyl (C=O) groups excluding carboxylic acids is 10. The second-order valence-corrected chi connectivity index (χ2v) is 28.6. The van der Waals surface area contributed by atoms with Crippen LogP contribution >= 0.6 is 6.89 Å². The molecule has 7 atom stereocenters. The van der Waals surface area contributed by atoms with Gasteiger partial charge in [-0.05, 0) is 105 Å². The molecule has 25 heteroatoms. The summed E-state index contributed by atoms with van der Waals surface area (Å²) in [5.74, 6) is -4.68. The molecule has 6 amide bonds. The molecular weight excluding hydrogens is 1330 g/mol. The Balaban J connectivity index is 0.000000208. The number of aliphatic hydroxyl groups is 1. The number of hydrogen-bond acceptors (Lipinski definition) is 17. The number of esters is 2. The number of carbonyl (C=O) groups is 10. The number of amides is 6. The van der Waals surface area contributed by atoms with E-state index >= 15 is 0 Å². The molecule has 0 bridgehead atoms. The molecule has 0 aliphatic carbocycles. The maximum absolute atomic E-state index is 14.6. The van der Waals surface area contributed by atoms with E-state index in [2.05, 4.69) is 13.2 Å². The Morgan fingerprint density at radius 1 is 0.539 bits per heavy atom.